The van der Waals surface area contributed by atoms with Gasteiger partial charge in [0.05, 0.1) is 0 Å². The van der Waals surface area contributed by atoms with Crippen LogP contribution in [0.15, 0.2) is 78.9 Å². The summed E-state index contributed by atoms with van der Waals surface area (Å²) in [6.45, 7) is 2.12. The summed E-state index contributed by atoms with van der Waals surface area (Å²) in [4.78, 5) is 2.21. The number of hydrogen-bond acceptors (Lipinski definition) is 2. The van der Waals surface area contributed by atoms with Crippen LogP contribution in [0.1, 0.15) is 5.56 Å². The van der Waals surface area contributed by atoms with E-state index in [4.69, 9.17) is 0 Å². The van der Waals surface area contributed by atoms with E-state index in [9.17, 15) is 0 Å². The van der Waals surface area contributed by atoms with Gasteiger partial charge in [-0.15, -0.1) is 0 Å². The van der Waals surface area contributed by atoms with Gasteiger partial charge in [-0.05, 0) is 54.9 Å². The number of rotatable bonds is 3. The Morgan fingerprint density at radius 2 is 1.26 bits per heavy atom. The first-order valence-corrected chi connectivity index (χ1v) is 7.78. The van der Waals surface area contributed by atoms with E-state index in [1.165, 1.54) is 35.1 Å². The molecule has 0 atom stereocenters. The zero-order valence-electron chi connectivity index (χ0n) is 14.0. The molecule has 3 aromatic rings. The zero-order chi connectivity index (χ0) is 16.7. The average Bonchev–Trinajstić information content (AvgIpc) is 2.64. The van der Waals surface area contributed by atoms with Crippen LogP contribution in [0.25, 0.3) is 11.1 Å². The number of hydrogen-bond donors (Lipinski definition) is 1. The van der Waals surface area contributed by atoms with Crippen LogP contribution in [0.4, 0.5) is 11.4 Å². The van der Waals surface area contributed by atoms with Gasteiger partial charge in [-0.2, -0.15) is 0 Å². The van der Waals surface area contributed by atoms with Gasteiger partial charge in [0.1, 0.15) is 0 Å². The van der Waals surface area contributed by atoms with Gasteiger partial charge in [0, 0.05) is 18.4 Å². The molecule has 118 valence electrons. The van der Waals surface area contributed by atoms with Gasteiger partial charge in [0.15, 0.2) is 0 Å². The van der Waals surface area contributed by atoms with Crippen molar-refractivity contribution >= 4 is 11.4 Å². The predicted octanol–water partition coefficient (Wildman–Crippen LogP) is 5.00. The van der Waals surface area contributed by atoms with Crippen LogP contribution < -0.4 is 10.6 Å². The van der Waals surface area contributed by atoms with Gasteiger partial charge < -0.3 is 10.6 Å². The molecule has 3 rings (SSSR count). The van der Waals surface area contributed by atoms with E-state index < -0.39 is 0 Å². The Balaban J connectivity index is 0.000000924. The van der Waals surface area contributed by atoms with Gasteiger partial charge in [0.2, 0.25) is 0 Å². The van der Waals surface area contributed by atoms with E-state index in [1.54, 1.807) is 0 Å². The molecule has 0 unspecified atom stereocenters. The summed E-state index contributed by atoms with van der Waals surface area (Å²) in [5, 5.41) is 0. The molecule has 0 saturated carbocycles. The second kappa shape index (κ2) is 8.16. The Labute approximate surface area is 139 Å². The quantitative estimate of drug-likeness (QED) is 0.737. The standard InChI is InChI=1S/C20H19N.CH5N/c1-16-7-6-10-20(15-16)21(2)19-13-11-18(12-14-19)17-8-4-3-5-9-17;1-2/h3-15H,1-2H3;2H2,1H3. The van der Waals surface area contributed by atoms with Crippen LogP contribution in [-0.2, 0) is 0 Å². The van der Waals surface area contributed by atoms with Crippen LogP contribution in [0, 0.1) is 6.92 Å². The highest BCUT2D eigenvalue weighted by Crippen LogP contribution is 2.27. The first kappa shape index (κ1) is 16.8. The lowest BCUT2D eigenvalue weighted by molar-refractivity contribution is 1.20. The summed E-state index contributed by atoms with van der Waals surface area (Å²) in [6, 6.07) is 27.7. The van der Waals surface area contributed by atoms with Crippen molar-refractivity contribution in [3.05, 3.63) is 84.4 Å². The molecule has 2 N–H and O–H groups in total. The molecule has 0 fully saturated rings. The van der Waals surface area contributed by atoms with Crippen molar-refractivity contribution in [3.63, 3.8) is 0 Å². The third kappa shape index (κ3) is 4.21. The molecule has 0 aromatic heterocycles. The monoisotopic (exact) mass is 304 g/mol. The minimum absolute atomic E-state index is 1.19. The fourth-order valence-electron chi connectivity index (χ4n) is 2.49. The SMILES string of the molecule is CN.Cc1cccc(N(C)c2ccc(-c3ccccc3)cc2)c1. The van der Waals surface area contributed by atoms with Crippen molar-refractivity contribution in [3.8, 4) is 11.1 Å². The van der Waals surface area contributed by atoms with Gasteiger partial charge in [-0.1, -0.05) is 54.6 Å². The maximum absolute atomic E-state index is 4.50. The molecular weight excluding hydrogens is 280 g/mol. The summed E-state index contributed by atoms with van der Waals surface area (Å²) in [5.41, 5.74) is 10.7. The number of nitrogens with two attached hydrogens (primary N) is 1. The molecule has 0 aliphatic carbocycles. The minimum Gasteiger partial charge on any atom is -0.345 e. The average molecular weight is 304 g/mol. The van der Waals surface area contributed by atoms with Crippen molar-refractivity contribution in [2.75, 3.05) is 19.0 Å². The third-order valence-electron chi connectivity index (χ3n) is 3.75. The molecule has 0 amide bonds. The van der Waals surface area contributed by atoms with Crippen LogP contribution in [0.5, 0.6) is 0 Å². The Hall–Kier alpha value is -2.58. The van der Waals surface area contributed by atoms with Gasteiger partial charge in [-0.25, -0.2) is 0 Å². The van der Waals surface area contributed by atoms with Crippen LogP contribution in [0.3, 0.4) is 0 Å². The summed E-state index contributed by atoms with van der Waals surface area (Å²) in [7, 11) is 3.60. The molecular formula is C21H24N2. The first-order chi connectivity index (χ1) is 11.2. The van der Waals surface area contributed by atoms with Gasteiger partial charge in [-0.3, -0.25) is 0 Å². The molecule has 23 heavy (non-hydrogen) atoms. The normalized spacial score (nSPS) is 9.74. The lowest BCUT2D eigenvalue weighted by Crippen LogP contribution is -2.09. The fourth-order valence-corrected chi connectivity index (χ4v) is 2.49. The van der Waals surface area contributed by atoms with Crippen molar-refractivity contribution in [2.45, 2.75) is 6.92 Å². The first-order valence-electron chi connectivity index (χ1n) is 7.78. The maximum Gasteiger partial charge on any atom is 0.0410 e. The second-order valence-electron chi connectivity index (χ2n) is 5.31. The molecule has 0 heterocycles. The van der Waals surface area contributed by atoms with E-state index in [2.05, 4.69) is 97.4 Å². The highest BCUT2D eigenvalue weighted by molar-refractivity contribution is 5.69. The molecule has 3 aromatic carbocycles. The van der Waals surface area contributed by atoms with Crippen molar-refractivity contribution < 1.29 is 0 Å². The second-order valence-corrected chi connectivity index (χ2v) is 5.31. The topological polar surface area (TPSA) is 29.3 Å². The van der Waals surface area contributed by atoms with Crippen molar-refractivity contribution in [1.29, 1.82) is 0 Å². The van der Waals surface area contributed by atoms with Crippen molar-refractivity contribution in [1.82, 2.24) is 0 Å². The van der Waals surface area contributed by atoms with E-state index in [0.717, 1.165) is 0 Å². The molecule has 0 aliphatic heterocycles. The molecule has 0 saturated heterocycles. The summed E-state index contributed by atoms with van der Waals surface area (Å²) < 4.78 is 0. The third-order valence-corrected chi connectivity index (χ3v) is 3.75. The Morgan fingerprint density at radius 1 is 0.652 bits per heavy atom. The van der Waals surface area contributed by atoms with E-state index in [-0.39, 0.29) is 0 Å². The van der Waals surface area contributed by atoms with Gasteiger partial charge in [0.25, 0.3) is 0 Å². The lowest BCUT2D eigenvalue weighted by atomic mass is 10.1. The smallest absolute Gasteiger partial charge is 0.0410 e. The predicted molar refractivity (Wildman–Crippen MR) is 101 cm³/mol. The Kier molecular flexibility index (Phi) is 5.95. The fraction of sp³-hybridized carbons (Fsp3) is 0.143. The van der Waals surface area contributed by atoms with E-state index in [1.807, 2.05) is 6.07 Å². The molecule has 2 nitrogen and oxygen atoms in total. The largest absolute Gasteiger partial charge is 0.345 e. The van der Waals surface area contributed by atoms with Crippen LogP contribution >= 0.6 is 0 Å². The summed E-state index contributed by atoms with van der Waals surface area (Å²) in [6.07, 6.45) is 0. The van der Waals surface area contributed by atoms with E-state index in [0.29, 0.717) is 0 Å². The summed E-state index contributed by atoms with van der Waals surface area (Å²) >= 11 is 0. The molecule has 0 bridgehead atoms. The van der Waals surface area contributed by atoms with Crippen molar-refractivity contribution in [2.24, 2.45) is 5.73 Å². The number of aryl methyl sites for hydroxylation is 1. The number of anilines is 2. The lowest BCUT2D eigenvalue weighted by Gasteiger charge is -2.20. The summed E-state index contributed by atoms with van der Waals surface area (Å²) in [5.74, 6) is 0. The Bertz CT molecular complexity index is 718. The minimum atomic E-state index is 1.19. The zero-order valence-corrected chi connectivity index (χ0v) is 14.0. The molecule has 2 heteroatoms. The highest BCUT2D eigenvalue weighted by Gasteiger charge is 2.04. The maximum atomic E-state index is 4.50. The molecule has 0 radical (unpaired) electrons. The number of nitrogens with zero attached hydrogens (tertiary/aromatic N) is 1. The number of benzene rings is 3. The van der Waals surface area contributed by atoms with Gasteiger partial charge >= 0.3 is 0 Å². The molecule has 0 aliphatic rings. The van der Waals surface area contributed by atoms with Crippen LogP contribution in [-0.4, -0.2) is 14.1 Å². The Morgan fingerprint density at radius 3 is 1.87 bits per heavy atom. The molecule has 0 spiro atoms. The van der Waals surface area contributed by atoms with E-state index >= 15 is 0 Å². The van der Waals surface area contributed by atoms with Crippen LogP contribution in [0.2, 0.25) is 0 Å². The highest BCUT2D eigenvalue weighted by atomic mass is 15.1.